The van der Waals surface area contributed by atoms with Gasteiger partial charge in [-0.2, -0.15) is 0 Å². The molecular weight excluding hydrogens is 286 g/mol. The van der Waals surface area contributed by atoms with Crippen molar-refractivity contribution in [2.45, 2.75) is 38.3 Å². The SMILES string of the molecule is CCOc1cccc(NC2CC(=O)N(C3CC3)C2)c1[N+](=O)[O-]. The van der Waals surface area contributed by atoms with E-state index in [1.807, 2.05) is 4.90 Å². The summed E-state index contributed by atoms with van der Waals surface area (Å²) in [4.78, 5) is 24.8. The first kappa shape index (κ1) is 14.6. The van der Waals surface area contributed by atoms with Crippen LogP contribution in [0.4, 0.5) is 11.4 Å². The third-order valence-corrected chi connectivity index (χ3v) is 3.99. The van der Waals surface area contributed by atoms with Crippen LogP contribution in [0, 0.1) is 10.1 Å². The maximum Gasteiger partial charge on any atom is 0.333 e. The molecule has 7 nitrogen and oxygen atoms in total. The number of rotatable bonds is 6. The van der Waals surface area contributed by atoms with Crippen LogP contribution in [0.5, 0.6) is 5.75 Å². The first-order valence-corrected chi connectivity index (χ1v) is 7.56. The van der Waals surface area contributed by atoms with Crippen LogP contribution < -0.4 is 10.1 Å². The van der Waals surface area contributed by atoms with Crippen LogP contribution in [0.3, 0.4) is 0 Å². The van der Waals surface area contributed by atoms with Gasteiger partial charge in [-0.05, 0) is 31.9 Å². The summed E-state index contributed by atoms with van der Waals surface area (Å²) in [5.74, 6) is 0.379. The molecular formula is C15H19N3O4. The molecule has 7 heteroatoms. The second-order valence-electron chi connectivity index (χ2n) is 5.67. The van der Waals surface area contributed by atoms with Gasteiger partial charge in [-0.25, -0.2) is 0 Å². The van der Waals surface area contributed by atoms with Crippen molar-refractivity contribution < 1.29 is 14.5 Å². The quantitative estimate of drug-likeness (QED) is 0.643. The average molecular weight is 305 g/mol. The fraction of sp³-hybridized carbons (Fsp3) is 0.533. The van der Waals surface area contributed by atoms with Crippen molar-refractivity contribution in [3.63, 3.8) is 0 Å². The molecule has 2 fully saturated rings. The number of para-hydroxylation sites is 1. The van der Waals surface area contributed by atoms with E-state index in [0.29, 0.717) is 31.3 Å². The molecule has 1 heterocycles. The maximum absolute atomic E-state index is 12.0. The van der Waals surface area contributed by atoms with E-state index < -0.39 is 4.92 Å². The molecule has 0 aromatic heterocycles. The molecule has 1 aliphatic heterocycles. The summed E-state index contributed by atoms with van der Waals surface area (Å²) in [5.41, 5.74) is 0.341. The Labute approximate surface area is 128 Å². The van der Waals surface area contributed by atoms with Crippen LogP contribution >= 0.6 is 0 Å². The molecule has 1 atom stereocenters. The lowest BCUT2D eigenvalue weighted by atomic mass is 10.2. The summed E-state index contributed by atoms with van der Waals surface area (Å²) >= 11 is 0. The summed E-state index contributed by atoms with van der Waals surface area (Å²) in [6, 6.07) is 5.25. The number of carbonyl (C=O) groups is 1. The van der Waals surface area contributed by atoms with Crippen molar-refractivity contribution in [1.82, 2.24) is 4.90 Å². The standard InChI is InChI=1S/C15H19N3O4/c1-2-22-13-5-3-4-12(15(13)18(20)21)16-10-8-14(19)17(9-10)11-6-7-11/h3-5,10-11,16H,2,6-9H2,1H3. The molecule has 1 aromatic rings. The number of carbonyl (C=O) groups excluding carboxylic acids is 1. The fourth-order valence-corrected chi connectivity index (χ4v) is 2.89. The van der Waals surface area contributed by atoms with Gasteiger partial charge in [-0.3, -0.25) is 14.9 Å². The third-order valence-electron chi connectivity index (χ3n) is 3.99. The smallest absolute Gasteiger partial charge is 0.333 e. The molecule has 1 unspecified atom stereocenters. The minimum absolute atomic E-state index is 0.0679. The van der Waals surface area contributed by atoms with Crippen molar-refractivity contribution in [1.29, 1.82) is 0 Å². The molecule has 118 valence electrons. The van der Waals surface area contributed by atoms with Crippen molar-refractivity contribution in [2.24, 2.45) is 0 Å². The normalized spacial score (nSPS) is 21.0. The number of likely N-dealkylation sites (tertiary alicyclic amines) is 1. The summed E-state index contributed by atoms with van der Waals surface area (Å²) in [6.45, 7) is 2.76. The molecule has 1 aromatic carbocycles. The zero-order valence-electron chi connectivity index (χ0n) is 12.4. The number of ether oxygens (including phenoxy) is 1. The summed E-state index contributed by atoms with van der Waals surface area (Å²) in [6.07, 6.45) is 2.52. The number of amides is 1. The molecule has 3 rings (SSSR count). The van der Waals surface area contributed by atoms with Gasteiger partial charge in [0, 0.05) is 19.0 Å². The van der Waals surface area contributed by atoms with Crippen molar-refractivity contribution >= 4 is 17.3 Å². The first-order chi connectivity index (χ1) is 10.6. The molecule has 1 aliphatic carbocycles. The molecule has 22 heavy (non-hydrogen) atoms. The Morgan fingerprint density at radius 1 is 1.45 bits per heavy atom. The van der Waals surface area contributed by atoms with Crippen LogP contribution in [0.2, 0.25) is 0 Å². The fourth-order valence-electron chi connectivity index (χ4n) is 2.89. The molecule has 1 saturated carbocycles. The second-order valence-corrected chi connectivity index (χ2v) is 5.67. The van der Waals surface area contributed by atoms with Crippen molar-refractivity contribution in [2.75, 3.05) is 18.5 Å². The largest absolute Gasteiger partial charge is 0.487 e. The van der Waals surface area contributed by atoms with Gasteiger partial charge in [0.05, 0.1) is 17.6 Å². The van der Waals surface area contributed by atoms with Gasteiger partial charge in [0.2, 0.25) is 5.91 Å². The lowest BCUT2D eigenvalue weighted by molar-refractivity contribution is -0.385. The summed E-state index contributed by atoms with van der Waals surface area (Å²) < 4.78 is 5.33. The minimum Gasteiger partial charge on any atom is -0.487 e. The van der Waals surface area contributed by atoms with Crippen LogP contribution in [-0.2, 0) is 4.79 Å². The van der Waals surface area contributed by atoms with Gasteiger partial charge >= 0.3 is 5.69 Å². The number of hydrogen-bond donors (Lipinski definition) is 1. The monoisotopic (exact) mass is 305 g/mol. The van der Waals surface area contributed by atoms with Gasteiger partial charge in [0.15, 0.2) is 5.75 Å². The van der Waals surface area contributed by atoms with Crippen molar-refractivity contribution in [3.05, 3.63) is 28.3 Å². The Bertz CT molecular complexity index is 600. The lowest BCUT2D eigenvalue weighted by Crippen LogP contribution is -2.29. The highest BCUT2D eigenvalue weighted by Crippen LogP contribution is 2.37. The Kier molecular flexibility index (Phi) is 3.87. The highest BCUT2D eigenvalue weighted by molar-refractivity contribution is 5.81. The van der Waals surface area contributed by atoms with Crippen LogP contribution in [-0.4, -0.2) is 41.0 Å². The number of anilines is 1. The maximum atomic E-state index is 12.0. The number of nitrogens with zero attached hydrogens (tertiary/aromatic N) is 2. The Hall–Kier alpha value is -2.31. The first-order valence-electron chi connectivity index (χ1n) is 7.56. The Morgan fingerprint density at radius 2 is 2.23 bits per heavy atom. The zero-order valence-corrected chi connectivity index (χ0v) is 12.4. The number of benzene rings is 1. The molecule has 1 amide bonds. The van der Waals surface area contributed by atoms with E-state index in [4.69, 9.17) is 4.74 Å². The van der Waals surface area contributed by atoms with E-state index in [9.17, 15) is 14.9 Å². The van der Waals surface area contributed by atoms with E-state index in [-0.39, 0.29) is 23.4 Å². The van der Waals surface area contributed by atoms with Crippen LogP contribution in [0.25, 0.3) is 0 Å². The number of hydrogen-bond acceptors (Lipinski definition) is 5. The molecule has 2 aliphatic rings. The summed E-state index contributed by atoms with van der Waals surface area (Å²) in [7, 11) is 0. The molecule has 1 saturated heterocycles. The van der Waals surface area contributed by atoms with E-state index in [2.05, 4.69) is 5.32 Å². The number of nitro groups is 1. The topological polar surface area (TPSA) is 84.7 Å². The molecule has 1 N–H and O–H groups in total. The molecule has 0 bridgehead atoms. The number of nitrogens with one attached hydrogen (secondary N) is 1. The Morgan fingerprint density at radius 3 is 2.86 bits per heavy atom. The van der Waals surface area contributed by atoms with Crippen LogP contribution in [0.1, 0.15) is 26.2 Å². The highest BCUT2D eigenvalue weighted by Gasteiger charge is 2.39. The summed E-state index contributed by atoms with van der Waals surface area (Å²) in [5, 5.41) is 14.5. The van der Waals surface area contributed by atoms with Crippen LogP contribution in [0.15, 0.2) is 18.2 Å². The predicted octanol–water partition coefficient (Wildman–Crippen LogP) is 2.17. The second kappa shape index (κ2) is 5.82. The Balaban J connectivity index is 1.78. The van der Waals surface area contributed by atoms with Gasteiger partial charge in [0.25, 0.3) is 0 Å². The average Bonchev–Trinajstić information content (AvgIpc) is 3.23. The lowest BCUT2D eigenvalue weighted by Gasteiger charge is -2.17. The third kappa shape index (κ3) is 2.84. The van der Waals surface area contributed by atoms with Gasteiger partial charge in [0.1, 0.15) is 5.69 Å². The van der Waals surface area contributed by atoms with Gasteiger partial charge in [-0.1, -0.05) is 6.07 Å². The van der Waals surface area contributed by atoms with E-state index in [0.717, 1.165) is 12.8 Å². The zero-order chi connectivity index (χ0) is 15.7. The van der Waals surface area contributed by atoms with Gasteiger partial charge < -0.3 is 15.0 Å². The van der Waals surface area contributed by atoms with Gasteiger partial charge in [-0.15, -0.1) is 0 Å². The number of nitro benzene ring substituents is 1. The molecule has 0 spiro atoms. The predicted molar refractivity (Wildman–Crippen MR) is 81.0 cm³/mol. The molecule has 0 radical (unpaired) electrons. The van der Waals surface area contributed by atoms with Crippen molar-refractivity contribution in [3.8, 4) is 5.75 Å². The van der Waals surface area contributed by atoms with E-state index in [1.165, 1.54) is 0 Å². The minimum atomic E-state index is -0.442. The van der Waals surface area contributed by atoms with E-state index >= 15 is 0 Å². The highest BCUT2D eigenvalue weighted by atomic mass is 16.6. The van der Waals surface area contributed by atoms with E-state index in [1.54, 1.807) is 25.1 Å².